The van der Waals surface area contributed by atoms with E-state index in [-0.39, 0.29) is 0 Å². The summed E-state index contributed by atoms with van der Waals surface area (Å²) in [6.07, 6.45) is 3.89. The van der Waals surface area contributed by atoms with Crippen LogP contribution in [0.4, 0.5) is 5.69 Å². The second kappa shape index (κ2) is 4.07. The van der Waals surface area contributed by atoms with Crippen LogP contribution in [0.25, 0.3) is 16.9 Å². The molecule has 0 fully saturated rings. The Hall–Kier alpha value is -2.49. The van der Waals surface area contributed by atoms with Gasteiger partial charge in [-0.15, -0.1) is 0 Å². The predicted molar refractivity (Wildman–Crippen MR) is 71.6 cm³/mol. The molecule has 4 heteroatoms. The summed E-state index contributed by atoms with van der Waals surface area (Å²) < 4.78 is 7.09. The minimum atomic E-state index is 0.717. The third-order valence-corrected chi connectivity index (χ3v) is 2.87. The van der Waals surface area contributed by atoms with Crippen LogP contribution in [0, 0.1) is 0 Å². The maximum absolute atomic E-state index is 5.74. The van der Waals surface area contributed by atoms with Gasteiger partial charge in [0.1, 0.15) is 11.4 Å². The van der Waals surface area contributed by atoms with Crippen molar-refractivity contribution in [3.63, 3.8) is 0 Å². The molecule has 2 N–H and O–H groups in total. The number of nitrogen functional groups attached to an aromatic ring is 1. The minimum absolute atomic E-state index is 0.717. The summed E-state index contributed by atoms with van der Waals surface area (Å²) in [5, 5.41) is 0. The maximum atomic E-state index is 5.74. The monoisotopic (exact) mass is 238 g/mol. The van der Waals surface area contributed by atoms with Gasteiger partial charge in [-0.25, -0.2) is 4.98 Å². The summed E-state index contributed by atoms with van der Waals surface area (Å²) in [6, 6.07) is 11.5. The number of imidazole rings is 1. The lowest BCUT2D eigenvalue weighted by atomic mass is 10.1. The number of ether oxygens (including phenoxy) is 1. The van der Waals surface area contributed by atoms with Crippen LogP contribution in [0.15, 0.2) is 48.8 Å². The highest BCUT2D eigenvalue weighted by molar-refractivity contribution is 5.65. The van der Waals surface area contributed by atoms with Crippen LogP contribution in [0.2, 0.25) is 0 Å². The first-order valence-electron chi connectivity index (χ1n) is 5.65. The molecule has 0 spiro atoms. The number of fused-ring (bicyclic) bond motifs is 1. The lowest BCUT2D eigenvalue weighted by Gasteiger charge is -1.99. The second-order valence-electron chi connectivity index (χ2n) is 4.08. The molecule has 0 aliphatic carbocycles. The molecule has 2 aromatic heterocycles. The normalized spacial score (nSPS) is 10.7. The molecular formula is C14H13N3O. The van der Waals surface area contributed by atoms with Crippen molar-refractivity contribution in [1.82, 2.24) is 9.38 Å². The second-order valence-corrected chi connectivity index (χ2v) is 4.08. The Morgan fingerprint density at radius 3 is 2.67 bits per heavy atom. The average Bonchev–Trinajstić information content (AvgIpc) is 2.81. The standard InChI is InChI=1S/C14H13N3O/c1-18-12-4-2-10(3-5-12)13-9-17-7-6-11(15)8-14(17)16-13/h2-9H,15H2,1H3/i1-1. The number of rotatable bonds is 2. The Balaban J connectivity index is 2.07. The van der Waals surface area contributed by atoms with Crippen molar-refractivity contribution >= 4 is 11.3 Å². The van der Waals surface area contributed by atoms with E-state index < -0.39 is 0 Å². The van der Waals surface area contributed by atoms with Gasteiger partial charge in [0.15, 0.2) is 0 Å². The van der Waals surface area contributed by atoms with Crippen molar-refractivity contribution in [1.29, 1.82) is 0 Å². The number of methoxy groups -OCH3 is 1. The lowest BCUT2D eigenvalue weighted by molar-refractivity contribution is 0.415. The number of nitrogens with two attached hydrogens (primary N) is 1. The molecular weight excluding hydrogens is 225 g/mol. The summed E-state index contributed by atoms with van der Waals surface area (Å²) >= 11 is 0. The van der Waals surface area contributed by atoms with Gasteiger partial charge in [-0.05, 0) is 30.3 Å². The molecule has 0 atom stereocenters. The van der Waals surface area contributed by atoms with E-state index in [0.717, 1.165) is 28.3 Å². The van der Waals surface area contributed by atoms with E-state index in [0.29, 0.717) is 0 Å². The number of benzene rings is 1. The van der Waals surface area contributed by atoms with Gasteiger partial charge in [0.25, 0.3) is 0 Å². The zero-order valence-corrected chi connectivity index (χ0v) is 10.00. The minimum Gasteiger partial charge on any atom is -0.497 e. The third-order valence-electron chi connectivity index (χ3n) is 2.87. The molecule has 3 rings (SSSR count). The van der Waals surface area contributed by atoms with E-state index in [1.165, 1.54) is 0 Å². The Bertz CT molecular complexity index is 686. The van der Waals surface area contributed by atoms with Crippen LogP contribution in [-0.2, 0) is 0 Å². The SMILES string of the molecule is [11CH3]Oc1ccc(-c2cn3ccc(N)cc3n2)cc1. The molecule has 0 amide bonds. The van der Waals surface area contributed by atoms with Gasteiger partial charge in [0.05, 0.1) is 12.8 Å². The fraction of sp³-hybridized carbons (Fsp3) is 0.0714. The van der Waals surface area contributed by atoms with Gasteiger partial charge in [0.2, 0.25) is 0 Å². The Labute approximate surface area is 105 Å². The zero-order chi connectivity index (χ0) is 12.5. The molecule has 0 radical (unpaired) electrons. The van der Waals surface area contributed by atoms with Gasteiger partial charge >= 0.3 is 0 Å². The molecule has 0 bridgehead atoms. The third kappa shape index (κ3) is 1.78. The van der Waals surface area contributed by atoms with E-state index in [4.69, 9.17) is 10.5 Å². The van der Waals surface area contributed by atoms with E-state index in [1.54, 1.807) is 7.11 Å². The van der Waals surface area contributed by atoms with Crippen molar-refractivity contribution in [2.45, 2.75) is 0 Å². The van der Waals surface area contributed by atoms with Crippen LogP contribution in [0.1, 0.15) is 0 Å². The van der Waals surface area contributed by atoms with Gasteiger partial charge in [-0.1, -0.05) is 0 Å². The predicted octanol–water partition coefficient (Wildman–Crippen LogP) is 2.59. The fourth-order valence-electron chi connectivity index (χ4n) is 1.90. The summed E-state index contributed by atoms with van der Waals surface area (Å²) in [4.78, 5) is 4.54. The van der Waals surface area contributed by atoms with Gasteiger partial charge in [0, 0.05) is 29.7 Å². The van der Waals surface area contributed by atoms with Crippen molar-refractivity contribution < 1.29 is 4.74 Å². The number of pyridine rings is 1. The summed E-state index contributed by atoms with van der Waals surface area (Å²) in [5.41, 5.74) is 9.28. The highest BCUT2D eigenvalue weighted by Gasteiger charge is 2.04. The Morgan fingerprint density at radius 2 is 1.94 bits per heavy atom. The molecule has 18 heavy (non-hydrogen) atoms. The van der Waals surface area contributed by atoms with Gasteiger partial charge in [-0.3, -0.25) is 0 Å². The maximum Gasteiger partial charge on any atom is 0.139 e. The van der Waals surface area contributed by atoms with Gasteiger partial charge < -0.3 is 14.9 Å². The topological polar surface area (TPSA) is 52.5 Å². The van der Waals surface area contributed by atoms with E-state index in [1.807, 2.05) is 53.2 Å². The van der Waals surface area contributed by atoms with Crippen molar-refractivity contribution in [3.8, 4) is 17.0 Å². The first kappa shape index (κ1) is 10.7. The zero-order valence-electron chi connectivity index (χ0n) is 10.00. The quantitative estimate of drug-likeness (QED) is 0.746. The first-order valence-corrected chi connectivity index (χ1v) is 5.65. The number of aromatic nitrogens is 2. The molecule has 90 valence electrons. The number of nitrogens with zero attached hydrogens (tertiary/aromatic N) is 2. The highest BCUT2D eigenvalue weighted by Crippen LogP contribution is 2.22. The highest BCUT2D eigenvalue weighted by atomic mass is 16.4. The molecule has 0 saturated carbocycles. The summed E-state index contributed by atoms with van der Waals surface area (Å²) in [7, 11) is 1.66. The van der Waals surface area contributed by atoms with Crippen LogP contribution in [0.3, 0.4) is 0 Å². The van der Waals surface area contributed by atoms with E-state index >= 15 is 0 Å². The molecule has 0 aliphatic heterocycles. The molecule has 1 aromatic carbocycles. The number of hydrogen-bond acceptors (Lipinski definition) is 3. The molecule has 0 aliphatic rings. The number of hydrogen-bond donors (Lipinski definition) is 1. The van der Waals surface area contributed by atoms with E-state index in [9.17, 15) is 0 Å². The summed E-state index contributed by atoms with van der Waals surface area (Å²) in [5.74, 6) is 0.840. The van der Waals surface area contributed by atoms with Crippen LogP contribution < -0.4 is 10.5 Å². The molecule has 3 aromatic rings. The van der Waals surface area contributed by atoms with Crippen LogP contribution in [-0.4, -0.2) is 16.5 Å². The smallest absolute Gasteiger partial charge is 0.139 e. The van der Waals surface area contributed by atoms with Crippen LogP contribution in [0.5, 0.6) is 5.75 Å². The van der Waals surface area contributed by atoms with Gasteiger partial charge in [-0.2, -0.15) is 0 Å². The largest absolute Gasteiger partial charge is 0.497 e. The Morgan fingerprint density at radius 1 is 1.17 bits per heavy atom. The van der Waals surface area contributed by atoms with Crippen LogP contribution >= 0.6 is 0 Å². The molecule has 0 unspecified atom stereocenters. The van der Waals surface area contributed by atoms with Crippen molar-refractivity contribution in [2.24, 2.45) is 0 Å². The lowest BCUT2D eigenvalue weighted by Crippen LogP contribution is -1.87. The summed E-state index contributed by atoms with van der Waals surface area (Å²) in [6.45, 7) is 0. The first-order chi connectivity index (χ1) is 8.76. The molecule has 4 nitrogen and oxygen atoms in total. The number of anilines is 1. The average molecular weight is 238 g/mol. The van der Waals surface area contributed by atoms with E-state index in [2.05, 4.69) is 4.98 Å². The van der Waals surface area contributed by atoms with Crippen molar-refractivity contribution in [3.05, 3.63) is 48.8 Å². The Kier molecular flexibility index (Phi) is 2.41. The molecule has 2 heterocycles. The molecule has 0 saturated heterocycles. The van der Waals surface area contributed by atoms with Crippen molar-refractivity contribution in [2.75, 3.05) is 12.8 Å². The fourth-order valence-corrected chi connectivity index (χ4v) is 1.90.